The van der Waals surface area contributed by atoms with Crippen molar-refractivity contribution in [1.29, 1.82) is 0 Å². The maximum absolute atomic E-state index is 2.36. The zero-order valence-electron chi connectivity index (χ0n) is 24.3. The Labute approximate surface area is 221 Å². The van der Waals surface area contributed by atoms with E-state index in [1.165, 1.54) is 159 Å². The molecule has 0 spiro atoms. The van der Waals surface area contributed by atoms with Crippen molar-refractivity contribution < 1.29 is 9.96 Å². The van der Waals surface area contributed by atoms with Crippen LogP contribution in [0.1, 0.15) is 155 Å². The van der Waals surface area contributed by atoms with Gasteiger partial charge in [0.05, 0.1) is 19.6 Å². The summed E-state index contributed by atoms with van der Waals surface area (Å²) in [6.07, 6.45) is 28.6. The minimum absolute atomic E-state index is 0. The second-order valence-electron chi connectivity index (χ2n) is 11.2. The molecule has 2 nitrogen and oxygen atoms in total. The molecule has 0 unspecified atom stereocenters. The molecule has 1 rings (SSSR count). The van der Waals surface area contributed by atoms with Crippen LogP contribution in [-0.2, 0) is 6.54 Å². The average Bonchev–Trinajstić information content (AvgIpc) is 2.85. The lowest BCUT2D eigenvalue weighted by Crippen LogP contribution is -2.49. The van der Waals surface area contributed by atoms with Gasteiger partial charge in [0.2, 0.25) is 0 Å². The molecule has 0 saturated heterocycles. The van der Waals surface area contributed by atoms with Crippen LogP contribution in [0.5, 0.6) is 0 Å². The van der Waals surface area contributed by atoms with Crippen molar-refractivity contribution in [3.8, 4) is 0 Å². The van der Waals surface area contributed by atoms with Gasteiger partial charge in [-0.2, -0.15) is 0 Å². The van der Waals surface area contributed by atoms with E-state index in [0.29, 0.717) is 0 Å². The highest BCUT2D eigenvalue weighted by Crippen LogP contribution is 2.22. The topological polar surface area (TPSA) is 30.0 Å². The van der Waals surface area contributed by atoms with Gasteiger partial charge < -0.3 is 9.96 Å². The number of benzene rings is 1. The van der Waals surface area contributed by atoms with Crippen LogP contribution in [-0.4, -0.2) is 29.6 Å². The molecule has 0 atom stereocenters. The van der Waals surface area contributed by atoms with Crippen LogP contribution in [0.2, 0.25) is 0 Å². The maximum Gasteiger partial charge on any atom is 0.104 e. The summed E-state index contributed by atoms with van der Waals surface area (Å²) >= 11 is 0. The van der Waals surface area contributed by atoms with E-state index in [-0.39, 0.29) is 5.48 Å². The molecule has 0 saturated carbocycles. The number of rotatable bonds is 25. The zero-order valence-corrected chi connectivity index (χ0v) is 24.3. The molecule has 0 aliphatic heterocycles. The molecule has 1 aromatic carbocycles. The Morgan fingerprint density at radius 2 is 0.743 bits per heavy atom. The minimum atomic E-state index is 0. The fraction of sp³-hybridized carbons (Fsp3) is 0.818. The fourth-order valence-corrected chi connectivity index (χ4v) is 5.58. The molecule has 0 aromatic heterocycles. The summed E-state index contributed by atoms with van der Waals surface area (Å²) in [6.45, 7) is 12.4. The lowest BCUT2D eigenvalue weighted by molar-refractivity contribution is -0.941. The second-order valence-corrected chi connectivity index (χ2v) is 11.2. The first-order valence-corrected chi connectivity index (χ1v) is 15.7. The predicted octanol–water partition coefficient (Wildman–Crippen LogP) is 10.7. The number of unbranched alkanes of at least 4 members (excludes halogenated alkanes) is 17. The second kappa shape index (κ2) is 24.8. The van der Waals surface area contributed by atoms with E-state index in [1.807, 2.05) is 0 Å². The molecule has 2 heteroatoms. The van der Waals surface area contributed by atoms with Crippen molar-refractivity contribution in [1.82, 2.24) is 0 Å². The molecule has 35 heavy (non-hydrogen) atoms. The van der Waals surface area contributed by atoms with Crippen LogP contribution in [0.15, 0.2) is 30.3 Å². The van der Waals surface area contributed by atoms with Crippen molar-refractivity contribution in [2.24, 2.45) is 0 Å². The summed E-state index contributed by atoms with van der Waals surface area (Å²) < 4.78 is 1.34. The highest BCUT2D eigenvalue weighted by molar-refractivity contribution is 5.13. The summed E-state index contributed by atoms with van der Waals surface area (Å²) in [7, 11) is 0. The van der Waals surface area contributed by atoms with Crippen LogP contribution in [0.4, 0.5) is 0 Å². The largest absolute Gasteiger partial charge is 0.870 e. The van der Waals surface area contributed by atoms with Crippen molar-refractivity contribution in [3.05, 3.63) is 35.9 Å². The lowest BCUT2D eigenvalue weighted by atomic mass is 10.0. The van der Waals surface area contributed by atoms with Gasteiger partial charge in [0, 0.05) is 5.56 Å². The first kappa shape index (κ1) is 34.1. The molecule has 0 fully saturated rings. The normalized spacial score (nSPS) is 11.5. The fourth-order valence-electron chi connectivity index (χ4n) is 5.58. The molecule has 0 aliphatic rings. The lowest BCUT2D eigenvalue weighted by Gasteiger charge is -2.39. The van der Waals surface area contributed by atoms with Crippen LogP contribution < -0.4 is 0 Å². The van der Waals surface area contributed by atoms with Crippen LogP contribution in [0.25, 0.3) is 0 Å². The summed E-state index contributed by atoms with van der Waals surface area (Å²) in [5, 5.41) is 0. The number of quaternary nitrogens is 1. The van der Waals surface area contributed by atoms with Gasteiger partial charge in [-0.05, 0) is 38.5 Å². The van der Waals surface area contributed by atoms with Crippen molar-refractivity contribution in [2.45, 2.75) is 156 Å². The highest BCUT2D eigenvalue weighted by Gasteiger charge is 2.26. The predicted molar refractivity (Wildman–Crippen MR) is 156 cm³/mol. The Hall–Kier alpha value is -0.860. The van der Waals surface area contributed by atoms with Gasteiger partial charge in [-0.1, -0.05) is 141 Å². The first-order chi connectivity index (χ1) is 16.8. The first-order valence-electron chi connectivity index (χ1n) is 15.7. The van der Waals surface area contributed by atoms with Gasteiger partial charge in [0.1, 0.15) is 6.54 Å². The zero-order chi connectivity index (χ0) is 24.6. The van der Waals surface area contributed by atoms with Gasteiger partial charge in [0.15, 0.2) is 0 Å². The van der Waals surface area contributed by atoms with E-state index in [2.05, 4.69) is 51.1 Å². The van der Waals surface area contributed by atoms with Gasteiger partial charge in [-0.15, -0.1) is 0 Å². The average molecular weight is 490 g/mol. The van der Waals surface area contributed by atoms with E-state index < -0.39 is 0 Å². The standard InChI is InChI=1S/C33H62N.H2O/c1-4-7-10-11-12-13-14-15-16-17-18-19-20-26-31-34(29-24-8-5-2,30-25-9-6-3)32-33-27-22-21-23-28-33;/h21-23,27-28H,4-20,24-26,29-32H2,1-3H3;1H2/q+1;/p-1. The maximum atomic E-state index is 2.36. The third-order valence-corrected chi connectivity index (χ3v) is 7.82. The molecular formula is C33H63NO. The van der Waals surface area contributed by atoms with E-state index in [9.17, 15) is 0 Å². The summed E-state index contributed by atoms with van der Waals surface area (Å²) in [4.78, 5) is 0. The van der Waals surface area contributed by atoms with E-state index in [4.69, 9.17) is 0 Å². The van der Waals surface area contributed by atoms with Crippen LogP contribution in [0, 0.1) is 0 Å². The Kier molecular flexibility index (Phi) is 24.2. The Balaban J connectivity index is 0.0000116. The molecule has 0 bridgehead atoms. The third-order valence-electron chi connectivity index (χ3n) is 7.82. The van der Waals surface area contributed by atoms with Crippen LogP contribution in [0.3, 0.4) is 0 Å². The SMILES string of the molecule is CCCCCCCCCCCCCCCC[N+](CCCCC)(CCCCC)Cc1ccccc1.[OH-]. The number of hydrogen-bond donors (Lipinski definition) is 0. The smallest absolute Gasteiger partial charge is 0.104 e. The Morgan fingerprint density at radius 1 is 0.429 bits per heavy atom. The Bertz CT molecular complexity index is 519. The van der Waals surface area contributed by atoms with Crippen molar-refractivity contribution >= 4 is 0 Å². The molecule has 0 aliphatic carbocycles. The Morgan fingerprint density at radius 3 is 1.14 bits per heavy atom. The highest BCUT2D eigenvalue weighted by atomic mass is 16.0. The quantitative estimate of drug-likeness (QED) is 0.0991. The van der Waals surface area contributed by atoms with E-state index in [0.717, 1.165) is 0 Å². The number of nitrogens with zero attached hydrogens (tertiary/aromatic N) is 1. The molecule has 206 valence electrons. The third kappa shape index (κ3) is 19.0. The molecular weight excluding hydrogens is 426 g/mol. The number of hydrogen-bond acceptors (Lipinski definition) is 1. The molecule has 0 radical (unpaired) electrons. The van der Waals surface area contributed by atoms with Crippen molar-refractivity contribution in [2.75, 3.05) is 19.6 Å². The summed E-state index contributed by atoms with van der Waals surface area (Å²) in [6, 6.07) is 11.3. The van der Waals surface area contributed by atoms with E-state index in [1.54, 1.807) is 5.56 Å². The molecule has 0 heterocycles. The van der Waals surface area contributed by atoms with Crippen LogP contribution >= 0.6 is 0 Å². The molecule has 1 aromatic rings. The summed E-state index contributed by atoms with van der Waals surface area (Å²) in [5.74, 6) is 0. The van der Waals surface area contributed by atoms with Gasteiger partial charge >= 0.3 is 0 Å². The summed E-state index contributed by atoms with van der Waals surface area (Å²) in [5.41, 5.74) is 1.54. The molecule has 0 amide bonds. The van der Waals surface area contributed by atoms with Gasteiger partial charge in [-0.25, -0.2) is 0 Å². The minimum Gasteiger partial charge on any atom is -0.870 e. The van der Waals surface area contributed by atoms with Gasteiger partial charge in [0.25, 0.3) is 0 Å². The monoisotopic (exact) mass is 489 g/mol. The van der Waals surface area contributed by atoms with E-state index >= 15 is 0 Å². The van der Waals surface area contributed by atoms with Gasteiger partial charge in [-0.3, -0.25) is 0 Å². The molecule has 1 N–H and O–H groups in total. The van der Waals surface area contributed by atoms with Crippen molar-refractivity contribution in [3.63, 3.8) is 0 Å².